The van der Waals surface area contributed by atoms with Crippen LogP contribution in [0.2, 0.25) is 0 Å². The Labute approximate surface area is 137 Å². The molecule has 24 heavy (non-hydrogen) atoms. The number of carboxylic acid groups (broad SMARTS) is 1. The molecule has 1 aromatic carbocycles. The van der Waals surface area contributed by atoms with Crippen molar-refractivity contribution >= 4 is 11.9 Å². The number of amides is 1. The number of hydrogen-bond donors (Lipinski definition) is 2. The van der Waals surface area contributed by atoms with E-state index in [1.165, 1.54) is 9.70 Å². The van der Waals surface area contributed by atoms with Crippen molar-refractivity contribution < 1.29 is 19.8 Å². The van der Waals surface area contributed by atoms with Crippen LogP contribution in [0.3, 0.4) is 0 Å². The summed E-state index contributed by atoms with van der Waals surface area (Å²) in [6.45, 7) is 0.379. The number of aryl methyl sites for hydroxylation is 1. The third-order valence-corrected chi connectivity index (χ3v) is 4.03. The molecule has 0 saturated carbocycles. The fourth-order valence-electron chi connectivity index (χ4n) is 2.79. The standard InChI is InChI=1S/C15H17N5O4/c1-19-17-14(16-18-19)9-2-4-10(5-3-9)15(24)20-7-11(6-13(22)23)12(21)8-20/h2-5,11-12,21H,6-8H2,1H3,(H,22,23)/t11-,12-/m1/s1. The Balaban J connectivity index is 1.70. The van der Waals surface area contributed by atoms with E-state index in [4.69, 9.17) is 5.11 Å². The van der Waals surface area contributed by atoms with Crippen molar-refractivity contribution in [2.75, 3.05) is 13.1 Å². The number of aromatic nitrogens is 4. The topological polar surface area (TPSA) is 121 Å². The smallest absolute Gasteiger partial charge is 0.303 e. The Bertz CT molecular complexity index is 757. The van der Waals surface area contributed by atoms with Crippen LogP contribution in [0.4, 0.5) is 0 Å². The minimum atomic E-state index is -0.978. The molecule has 0 aliphatic carbocycles. The summed E-state index contributed by atoms with van der Waals surface area (Å²) < 4.78 is 0. The normalized spacial score (nSPS) is 20.3. The molecular formula is C15H17N5O4. The lowest BCUT2D eigenvalue weighted by atomic mass is 10.0. The molecule has 0 unspecified atom stereocenters. The van der Waals surface area contributed by atoms with Crippen LogP contribution in [-0.4, -0.2) is 66.4 Å². The van der Waals surface area contributed by atoms with Crippen LogP contribution in [0, 0.1) is 5.92 Å². The SMILES string of the molecule is Cn1nnc(-c2ccc(C(=O)N3C[C@@H](CC(=O)O)[C@H](O)C3)cc2)n1. The number of hydrogen-bond acceptors (Lipinski definition) is 6. The average Bonchev–Trinajstić information content (AvgIpc) is 3.13. The minimum absolute atomic E-state index is 0.143. The summed E-state index contributed by atoms with van der Waals surface area (Å²) in [5.41, 5.74) is 1.20. The fraction of sp³-hybridized carbons (Fsp3) is 0.400. The number of aliphatic carboxylic acids is 1. The number of rotatable bonds is 4. The van der Waals surface area contributed by atoms with E-state index < -0.39 is 18.0 Å². The van der Waals surface area contributed by atoms with Crippen LogP contribution in [0.5, 0.6) is 0 Å². The maximum atomic E-state index is 12.5. The maximum Gasteiger partial charge on any atom is 0.303 e. The number of likely N-dealkylation sites (tertiary alicyclic amines) is 1. The Kier molecular flexibility index (Phi) is 4.26. The van der Waals surface area contributed by atoms with Crippen LogP contribution in [0.25, 0.3) is 11.4 Å². The van der Waals surface area contributed by atoms with Gasteiger partial charge in [0.1, 0.15) is 0 Å². The van der Waals surface area contributed by atoms with Crippen molar-refractivity contribution in [2.45, 2.75) is 12.5 Å². The minimum Gasteiger partial charge on any atom is -0.481 e. The molecule has 2 atom stereocenters. The predicted octanol–water partition coefficient (Wildman–Crippen LogP) is -0.215. The number of carbonyl (C=O) groups is 2. The van der Waals surface area contributed by atoms with E-state index >= 15 is 0 Å². The van der Waals surface area contributed by atoms with Gasteiger partial charge in [0.15, 0.2) is 0 Å². The van der Waals surface area contributed by atoms with Gasteiger partial charge >= 0.3 is 5.97 Å². The van der Waals surface area contributed by atoms with Crippen LogP contribution in [0.15, 0.2) is 24.3 Å². The molecule has 9 heteroatoms. The molecule has 1 aromatic heterocycles. The summed E-state index contributed by atoms with van der Waals surface area (Å²) in [6, 6.07) is 6.77. The Morgan fingerprint density at radius 1 is 1.25 bits per heavy atom. The lowest BCUT2D eigenvalue weighted by Gasteiger charge is -2.16. The number of aliphatic hydroxyl groups excluding tert-OH is 1. The summed E-state index contributed by atoms with van der Waals surface area (Å²) in [5.74, 6) is -1.18. The van der Waals surface area contributed by atoms with Crippen LogP contribution in [-0.2, 0) is 11.8 Å². The van der Waals surface area contributed by atoms with Crippen LogP contribution >= 0.6 is 0 Å². The molecule has 1 aliphatic rings. The zero-order valence-corrected chi connectivity index (χ0v) is 13.0. The number of carbonyl (C=O) groups excluding carboxylic acids is 1. The first-order valence-electron chi connectivity index (χ1n) is 7.47. The van der Waals surface area contributed by atoms with Crippen molar-refractivity contribution in [2.24, 2.45) is 13.0 Å². The van der Waals surface area contributed by atoms with E-state index in [1.54, 1.807) is 31.3 Å². The average molecular weight is 331 g/mol. The molecule has 3 rings (SSSR count). The van der Waals surface area contributed by atoms with E-state index in [0.717, 1.165) is 5.56 Å². The molecule has 2 N–H and O–H groups in total. The van der Waals surface area contributed by atoms with Gasteiger partial charge in [-0.15, -0.1) is 10.2 Å². The first kappa shape index (κ1) is 16.1. The fourth-order valence-corrected chi connectivity index (χ4v) is 2.79. The van der Waals surface area contributed by atoms with Crippen LogP contribution in [0.1, 0.15) is 16.8 Å². The third kappa shape index (κ3) is 3.25. The molecule has 1 aliphatic heterocycles. The van der Waals surface area contributed by atoms with Gasteiger partial charge in [-0.25, -0.2) is 0 Å². The van der Waals surface area contributed by atoms with Gasteiger partial charge in [-0.3, -0.25) is 9.59 Å². The summed E-state index contributed by atoms with van der Waals surface area (Å²) in [4.78, 5) is 26.1. The molecular weight excluding hydrogens is 314 g/mol. The van der Waals surface area contributed by atoms with Gasteiger partial charge in [-0.2, -0.15) is 4.80 Å². The molecule has 2 heterocycles. The van der Waals surface area contributed by atoms with Gasteiger partial charge < -0.3 is 15.1 Å². The van der Waals surface area contributed by atoms with E-state index in [0.29, 0.717) is 11.4 Å². The lowest BCUT2D eigenvalue weighted by Crippen LogP contribution is -2.29. The summed E-state index contributed by atoms with van der Waals surface area (Å²) in [5, 5.41) is 30.5. The van der Waals surface area contributed by atoms with Gasteiger partial charge in [-0.05, 0) is 17.3 Å². The molecule has 9 nitrogen and oxygen atoms in total. The Morgan fingerprint density at radius 2 is 1.96 bits per heavy atom. The molecule has 1 saturated heterocycles. The van der Waals surface area contributed by atoms with Crippen molar-refractivity contribution in [3.05, 3.63) is 29.8 Å². The molecule has 1 amide bonds. The second kappa shape index (κ2) is 6.36. The quantitative estimate of drug-likeness (QED) is 0.794. The highest BCUT2D eigenvalue weighted by atomic mass is 16.4. The summed E-state index contributed by atoms with van der Waals surface area (Å²) in [6.07, 6.45) is -0.962. The monoisotopic (exact) mass is 331 g/mol. The molecule has 0 radical (unpaired) electrons. The number of tetrazole rings is 1. The van der Waals surface area contributed by atoms with Gasteiger partial charge in [0, 0.05) is 30.1 Å². The van der Waals surface area contributed by atoms with Crippen molar-refractivity contribution in [3.8, 4) is 11.4 Å². The first-order valence-corrected chi connectivity index (χ1v) is 7.47. The second-order valence-corrected chi connectivity index (χ2v) is 5.82. The van der Waals surface area contributed by atoms with Gasteiger partial charge in [-0.1, -0.05) is 12.1 Å². The summed E-state index contributed by atoms with van der Waals surface area (Å²) in [7, 11) is 1.67. The highest BCUT2D eigenvalue weighted by molar-refractivity contribution is 5.94. The highest BCUT2D eigenvalue weighted by Crippen LogP contribution is 2.23. The predicted molar refractivity (Wildman–Crippen MR) is 81.9 cm³/mol. The molecule has 2 aromatic rings. The number of aliphatic hydroxyl groups is 1. The Morgan fingerprint density at radius 3 is 2.54 bits per heavy atom. The molecule has 0 bridgehead atoms. The van der Waals surface area contributed by atoms with E-state index in [2.05, 4.69) is 15.4 Å². The van der Waals surface area contributed by atoms with Gasteiger partial charge in [0.05, 0.1) is 19.6 Å². The van der Waals surface area contributed by atoms with Crippen LogP contribution < -0.4 is 0 Å². The number of nitrogens with zero attached hydrogens (tertiary/aromatic N) is 5. The van der Waals surface area contributed by atoms with E-state index in [9.17, 15) is 14.7 Å². The second-order valence-electron chi connectivity index (χ2n) is 5.82. The van der Waals surface area contributed by atoms with Crippen molar-refractivity contribution in [3.63, 3.8) is 0 Å². The van der Waals surface area contributed by atoms with E-state index in [-0.39, 0.29) is 25.4 Å². The van der Waals surface area contributed by atoms with Gasteiger partial charge in [0.25, 0.3) is 5.91 Å². The summed E-state index contributed by atoms with van der Waals surface area (Å²) >= 11 is 0. The highest BCUT2D eigenvalue weighted by Gasteiger charge is 2.35. The zero-order chi connectivity index (χ0) is 17.3. The largest absolute Gasteiger partial charge is 0.481 e. The number of benzene rings is 1. The van der Waals surface area contributed by atoms with E-state index in [1.807, 2.05) is 0 Å². The maximum absolute atomic E-state index is 12.5. The molecule has 1 fully saturated rings. The van der Waals surface area contributed by atoms with Crippen molar-refractivity contribution in [1.29, 1.82) is 0 Å². The third-order valence-electron chi connectivity index (χ3n) is 4.03. The zero-order valence-electron chi connectivity index (χ0n) is 13.0. The molecule has 0 spiro atoms. The Hall–Kier alpha value is -2.81. The first-order chi connectivity index (χ1) is 11.4. The van der Waals surface area contributed by atoms with Crippen molar-refractivity contribution in [1.82, 2.24) is 25.1 Å². The molecule has 126 valence electrons. The van der Waals surface area contributed by atoms with Gasteiger partial charge in [0.2, 0.25) is 5.82 Å². The number of β-amino-alcohol motifs (C(OH)–C–C–N with tert-alkyl or cyclic N) is 1. The lowest BCUT2D eigenvalue weighted by molar-refractivity contribution is -0.138. The number of carboxylic acids is 1.